The maximum absolute atomic E-state index is 12.7. The van der Waals surface area contributed by atoms with Crippen LogP contribution in [0.15, 0.2) is 24.3 Å². The summed E-state index contributed by atoms with van der Waals surface area (Å²) in [4.78, 5) is 24.2. The van der Waals surface area contributed by atoms with Crippen LogP contribution < -0.4 is 5.32 Å². The number of benzene rings is 1. The van der Waals surface area contributed by atoms with E-state index in [4.69, 9.17) is 0 Å². The van der Waals surface area contributed by atoms with Gasteiger partial charge in [-0.05, 0) is 105 Å². The van der Waals surface area contributed by atoms with E-state index in [0.717, 1.165) is 44.2 Å². The quantitative estimate of drug-likeness (QED) is 0.652. The molecule has 0 spiro atoms. The normalized spacial score (nSPS) is 44.2. The Bertz CT molecular complexity index is 879. The Hall–Kier alpha value is -1.68. The van der Waals surface area contributed by atoms with E-state index in [1.165, 1.54) is 12.8 Å². The third kappa shape index (κ3) is 3.28. The number of hydrogen-bond donors (Lipinski definition) is 2. The summed E-state index contributed by atoms with van der Waals surface area (Å²) in [7, 11) is 0. The first-order valence-corrected chi connectivity index (χ1v) is 12.3. The molecule has 0 aromatic heterocycles. The van der Waals surface area contributed by atoms with Gasteiger partial charge in [0.2, 0.25) is 0 Å². The van der Waals surface area contributed by atoms with Crippen LogP contribution >= 0.6 is 0 Å². The first-order valence-electron chi connectivity index (χ1n) is 12.3. The molecule has 4 nitrogen and oxygen atoms in total. The van der Waals surface area contributed by atoms with Gasteiger partial charge in [-0.1, -0.05) is 13.8 Å². The van der Waals surface area contributed by atoms with E-state index in [-0.39, 0.29) is 28.8 Å². The number of aliphatic hydroxyl groups excluding tert-OH is 1. The molecule has 31 heavy (non-hydrogen) atoms. The van der Waals surface area contributed by atoms with Crippen molar-refractivity contribution in [2.75, 3.05) is 5.32 Å². The van der Waals surface area contributed by atoms with E-state index in [9.17, 15) is 14.7 Å². The molecule has 4 aliphatic carbocycles. The number of ketones is 2. The summed E-state index contributed by atoms with van der Waals surface area (Å²) in [5.74, 6) is 3.04. The molecule has 0 unspecified atom stereocenters. The highest BCUT2D eigenvalue weighted by molar-refractivity contribution is 5.94. The first kappa shape index (κ1) is 21.2. The van der Waals surface area contributed by atoms with Crippen molar-refractivity contribution in [3.05, 3.63) is 29.8 Å². The minimum absolute atomic E-state index is 0.0294. The van der Waals surface area contributed by atoms with Gasteiger partial charge in [0.15, 0.2) is 5.78 Å². The Morgan fingerprint density at radius 3 is 2.52 bits per heavy atom. The molecule has 0 radical (unpaired) electrons. The van der Waals surface area contributed by atoms with Crippen molar-refractivity contribution >= 4 is 17.3 Å². The minimum Gasteiger partial charge on any atom is -0.391 e. The number of fused-ring (bicyclic) bond motifs is 5. The maximum Gasteiger partial charge on any atom is 0.159 e. The number of rotatable bonds is 3. The number of aliphatic hydroxyl groups is 1. The van der Waals surface area contributed by atoms with Gasteiger partial charge in [0.25, 0.3) is 0 Å². The summed E-state index contributed by atoms with van der Waals surface area (Å²) < 4.78 is 0. The molecule has 0 saturated heterocycles. The molecule has 0 aliphatic heterocycles. The highest BCUT2D eigenvalue weighted by Crippen LogP contribution is 2.65. The SMILES string of the molecule is CC(=O)c1ccc(N[C@H]2C[C@@]3(C)[C@@H](CC[C@@H]4[C@@H]3CC[C@]3(C)C(=O)CC[C@@H]43)C[C@@H]2O)cc1. The highest BCUT2D eigenvalue weighted by atomic mass is 16.3. The Kier molecular flexibility index (Phi) is 5.08. The number of carbonyl (C=O) groups is 2. The topological polar surface area (TPSA) is 66.4 Å². The van der Waals surface area contributed by atoms with Gasteiger partial charge in [-0.3, -0.25) is 9.59 Å². The summed E-state index contributed by atoms with van der Waals surface area (Å²) in [6, 6.07) is 7.66. The molecule has 1 aromatic carbocycles. The molecule has 0 bridgehead atoms. The fourth-order valence-corrected chi connectivity index (χ4v) is 8.24. The van der Waals surface area contributed by atoms with E-state index >= 15 is 0 Å². The fraction of sp³-hybridized carbons (Fsp3) is 0.704. The Balaban J connectivity index is 1.36. The lowest BCUT2D eigenvalue weighted by atomic mass is 9.44. The largest absolute Gasteiger partial charge is 0.391 e. The molecule has 8 atom stereocenters. The second-order valence-electron chi connectivity index (χ2n) is 11.5. The van der Waals surface area contributed by atoms with Crippen molar-refractivity contribution in [2.45, 2.75) is 84.3 Å². The van der Waals surface area contributed by atoms with Crippen LogP contribution in [-0.2, 0) is 4.79 Å². The van der Waals surface area contributed by atoms with Crippen LogP contribution in [0.4, 0.5) is 5.69 Å². The summed E-state index contributed by atoms with van der Waals surface area (Å²) >= 11 is 0. The number of nitrogens with one attached hydrogen (secondary N) is 1. The van der Waals surface area contributed by atoms with Crippen molar-refractivity contribution in [2.24, 2.45) is 34.5 Å². The summed E-state index contributed by atoms with van der Waals surface area (Å²) in [5.41, 5.74) is 1.83. The second-order valence-corrected chi connectivity index (χ2v) is 11.5. The molecule has 2 N–H and O–H groups in total. The highest BCUT2D eigenvalue weighted by Gasteiger charge is 2.61. The average Bonchev–Trinajstić information content (AvgIpc) is 3.04. The molecule has 4 aliphatic rings. The van der Waals surface area contributed by atoms with Crippen LogP contribution in [0.5, 0.6) is 0 Å². The zero-order valence-corrected chi connectivity index (χ0v) is 19.2. The van der Waals surface area contributed by atoms with Crippen molar-refractivity contribution in [3.63, 3.8) is 0 Å². The molecule has 1 aromatic rings. The van der Waals surface area contributed by atoms with Crippen LogP contribution in [0, 0.1) is 34.5 Å². The standard InChI is InChI=1S/C27H37NO3/c1-16(29)17-4-7-19(8-5-17)28-23-15-27(3)18(14-24(23)30)6-9-20-21-10-11-25(31)26(21,2)13-12-22(20)27/h4-5,7-8,18,20-24,28,30H,6,9-15H2,1-3H3/t18-,20-,21-,22-,23-,24-,26-,27-/m0/s1. The third-order valence-corrected chi connectivity index (χ3v) is 10.1. The Morgan fingerprint density at radius 2 is 1.81 bits per heavy atom. The van der Waals surface area contributed by atoms with E-state index in [1.54, 1.807) is 6.92 Å². The van der Waals surface area contributed by atoms with Gasteiger partial charge in [0.05, 0.1) is 12.1 Å². The zero-order chi connectivity index (χ0) is 22.0. The molecular formula is C27H37NO3. The van der Waals surface area contributed by atoms with Crippen LogP contribution in [0.1, 0.15) is 82.5 Å². The van der Waals surface area contributed by atoms with E-state index in [2.05, 4.69) is 19.2 Å². The van der Waals surface area contributed by atoms with Gasteiger partial charge in [-0.25, -0.2) is 0 Å². The van der Waals surface area contributed by atoms with Gasteiger partial charge in [-0.2, -0.15) is 0 Å². The molecule has 5 rings (SSSR count). The van der Waals surface area contributed by atoms with Crippen molar-refractivity contribution in [1.29, 1.82) is 0 Å². The molecule has 4 fully saturated rings. The van der Waals surface area contributed by atoms with Crippen LogP contribution in [0.25, 0.3) is 0 Å². The van der Waals surface area contributed by atoms with Crippen molar-refractivity contribution < 1.29 is 14.7 Å². The lowest BCUT2D eigenvalue weighted by molar-refractivity contribution is -0.143. The Labute approximate surface area is 186 Å². The van der Waals surface area contributed by atoms with Crippen molar-refractivity contribution in [1.82, 2.24) is 0 Å². The van der Waals surface area contributed by atoms with Gasteiger partial charge in [-0.15, -0.1) is 0 Å². The van der Waals surface area contributed by atoms with E-state index in [0.29, 0.717) is 35.0 Å². The third-order valence-electron chi connectivity index (χ3n) is 10.1. The van der Waals surface area contributed by atoms with Crippen LogP contribution in [0.3, 0.4) is 0 Å². The van der Waals surface area contributed by atoms with Crippen LogP contribution in [0.2, 0.25) is 0 Å². The van der Waals surface area contributed by atoms with E-state index in [1.807, 2.05) is 24.3 Å². The monoisotopic (exact) mass is 423 g/mol. The van der Waals surface area contributed by atoms with Crippen molar-refractivity contribution in [3.8, 4) is 0 Å². The van der Waals surface area contributed by atoms with Gasteiger partial charge in [0, 0.05) is 23.1 Å². The van der Waals surface area contributed by atoms with E-state index < -0.39 is 0 Å². The number of hydrogen-bond acceptors (Lipinski definition) is 4. The fourth-order valence-electron chi connectivity index (χ4n) is 8.24. The number of Topliss-reactive ketones (excluding diaryl/α,β-unsaturated/α-hetero) is 2. The summed E-state index contributed by atoms with van der Waals surface area (Å²) in [6.45, 7) is 6.31. The van der Waals surface area contributed by atoms with Gasteiger partial charge in [0.1, 0.15) is 5.78 Å². The molecule has 4 saturated carbocycles. The maximum atomic E-state index is 12.7. The average molecular weight is 424 g/mol. The summed E-state index contributed by atoms with van der Waals surface area (Å²) in [6.07, 6.45) is 8.00. The molecule has 4 heteroatoms. The second kappa shape index (κ2) is 7.43. The first-order chi connectivity index (χ1) is 14.7. The van der Waals surface area contributed by atoms with Gasteiger partial charge >= 0.3 is 0 Å². The predicted octanol–water partition coefficient (Wildman–Crippen LogP) is 5.25. The van der Waals surface area contributed by atoms with Crippen LogP contribution in [-0.4, -0.2) is 28.8 Å². The lowest BCUT2D eigenvalue weighted by Gasteiger charge is -2.61. The molecule has 0 heterocycles. The molecule has 168 valence electrons. The lowest BCUT2D eigenvalue weighted by Crippen LogP contribution is -2.57. The minimum atomic E-state index is -0.343. The Morgan fingerprint density at radius 1 is 1.06 bits per heavy atom. The molecule has 0 amide bonds. The smallest absolute Gasteiger partial charge is 0.159 e. The van der Waals surface area contributed by atoms with Gasteiger partial charge < -0.3 is 10.4 Å². The zero-order valence-electron chi connectivity index (χ0n) is 19.2. The molecular weight excluding hydrogens is 386 g/mol. The summed E-state index contributed by atoms with van der Waals surface area (Å²) in [5, 5.41) is 14.6. The predicted molar refractivity (Wildman–Crippen MR) is 122 cm³/mol. The number of carbonyl (C=O) groups excluding carboxylic acids is 2. The number of anilines is 1.